The van der Waals surface area contributed by atoms with Crippen molar-refractivity contribution in [2.45, 2.75) is 71.4 Å². The van der Waals surface area contributed by atoms with Gasteiger partial charge in [0.25, 0.3) is 0 Å². The van der Waals surface area contributed by atoms with Gasteiger partial charge in [0.15, 0.2) is 0 Å². The molecular formula is C16H30N2O. The highest BCUT2D eigenvalue weighted by Crippen LogP contribution is 2.14. The highest BCUT2D eigenvalue weighted by molar-refractivity contribution is 5.83. The average molecular weight is 266 g/mol. The van der Waals surface area contributed by atoms with Gasteiger partial charge in [-0.2, -0.15) is 0 Å². The van der Waals surface area contributed by atoms with Crippen LogP contribution in [0.3, 0.4) is 0 Å². The van der Waals surface area contributed by atoms with Crippen LogP contribution >= 0.6 is 0 Å². The fourth-order valence-electron chi connectivity index (χ4n) is 2.55. The average Bonchev–Trinajstić information content (AvgIpc) is 2.85. The Morgan fingerprint density at radius 2 is 1.89 bits per heavy atom. The number of allylic oxidation sites excluding steroid dienone is 2. The molecule has 110 valence electrons. The van der Waals surface area contributed by atoms with Gasteiger partial charge in [0.2, 0.25) is 0 Å². The molecular weight excluding hydrogens is 236 g/mol. The predicted octanol–water partition coefficient (Wildman–Crippen LogP) is 3.74. The van der Waals surface area contributed by atoms with Gasteiger partial charge in [-0.3, -0.25) is 4.99 Å². The summed E-state index contributed by atoms with van der Waals surface area (Å²) < 4.78 is 0. The Morgan fingerprint density at radius 1 is 1.21 bits per heavy atom. The third-order valence-corrected chi connectivity index (χ3v) is 3.67. The van der Waals surface area contributed by atoms with Gasteiger partial charge in [0.05, 0.1) is 6.54 Å². The Morgan fingerprint density at radius 3 is 2.58 bits per heavy atom. The number of unbranched alkanes of at least 4 members (excludes halogenated alkanes) is 6. The van der Waals surface area contributed by atoms with Gasteiger partial charge in [-0.05, 0) is 33.1 Å². The molecule has 1 atom stereocenters. The lowest BCUT2D eigenvalue weighted by Gasteiger charge is -2.23. The Hall–Kier alpha value is -0.830. The monoisotopic (exact) mass is 266 g/mol. The van der Waals surface area contributed by atoms with E-state index in [2.05, 4.69) is 24.1 Å². The van der Waals surface area contributed by atoms with E-state index < -0.39 is 0 Å². The summed E-state index contributed by atoms with van der Waals surface area (Å²) in [4.78, 5) is 6.51. The zero-order valence-electron chi connectivity index (χ0n) is 12.6. The number of amidine groups is 1. The lowest BCUT2D eigenvalue weighted by atomic mass is 10.1. The van der Waals surface area contributed by atoms with Crippen LogP contribution in [-0.2, 0) is 0 Å². The number of aliphatic hydroxyl groups excluding tert-OH is 1. The SMILES string of the molecule is C/C=C/CCCCCCCCC1=NCCN1C(C)O. The normalized spacial score (nSPS) is 17.2. The van der Waals surface area contributed by atoms with Crippen LogP contribution in [0.25, 0.3) is 0 Å². The van der Waals surface area contributed by atoms with E-state index in [1.165, 1.54) is 44.9 Å². The number of aliphatic imine (C=N–C) groups is 1. The number of hydrogen-bond donors (Lipinski definition) is 1. The molecule has 1 rings (SSSR count). The van der Waals surface area contributed by atoms with Gasteiger partial charge >= 0.3 is 0 Å². The number of nitrogens with zero attached hydrogens (tertiary/aromatic N) is 2. The zero-order valence-corrected chi connectivity index (χ0v) is 12.6. The standard InChI is InChI=1S/C16H30N2O/c1-3-4-5-6-7-8-9-10-11-12-16-17-13-14-18(16)15(2)19/h3-4,15,19H,5-14H2,1-2H3/b4-3+. The van der Waals surface area contributed by atoms with Gasteiger partial charge in [-0.15, -0.1) is 0 Å². The van der Waals surface area contributed by atoms with Crippen LogP contribution in [-0.4, -0.2) is 35.2 Å². The molecule has 1 N–H and O–H groups in total. The van der Waals surface area contributed by atoms with Crippen LogP contribution in [0.4, 0.5) is 0 Å². The molecule has 0 radical (unpaired) electrons. The molecule has 19 heavy (non-hydrogen) atoms. The summed E-state index contributed by atoms with van der Waals surface area (Å²) in [6.07, 6.45) is 14.1. The first-order valence-electron chi connectivity index (χ1n) is 7.85. The minimum Gasteiger partial charge on any atom is -0.374 e. The molecule has 0 fully saturated rings. The Bertz CT molecular complexity index is 284. The summed E-state index contributed by atoms with van der Waals surface area (Å²) in [5.41, 5.74) is 0. The van der Waals surface area contributed by atoms with Crippen molar-refractivity contribution in [3.8, 4) is 0 Å². The molecule has 0 spiro atoms. The lowest BCUT2D eigenvalue weighted by Crippen LogP contribution is -2.35. The Balaban J connectivity index is 1.96. The largest absolute Gasteiger partial charge is 0.374 e. The molecule has 0 aromatic carbocycles. The van der Waals surface area contributed by atoms with E-state index in [9.17, 15) is 5.11 Å². The number of aliphatic hydroxyl groups is 1. The molecule has 3 heteroatoms. The molecule has 0 bridgehead atoms. The van der Waals surface area contributed by atoms with Crippen LogP contribution in [0.15, 0.2) is 17.1 Å². The molecule has 1 aliphatic rings. The Labute approximate surface area is 118 Å². The van der Waals surface area contributed by atoms with E-state index in [0.717, 1.165) is 25.3 Å². The molecule has 0 aromatic rings. The van der Waals surface area contributed by atoms with Crippen LogP contribution < -0.4 is 0 Å². The second-order valence-corrected chi connectivity index (χ2v) is 5.35. The molecule has 1 heterocycles. The van der Waals surface area contributed by atoms with Gasteiger partial charge < -0.3 is 10.0 Å². The summed E-state index contributed by atoms with van der Waals surface area (Å²) in [5.74, 6) is 1.11. The first kappa shape index (κ1) is 16.2. The maximum absolute atomic E-state index is 9.61. The first-order valence-corrected chi connectivity index (χ1v) is 7.85. The lowest BCUT2D eigenvalue weighted by molar-refractivity contribution is 0.0766. The van der Waals surface area contributed by atoms with E-state index in [4.69, 9.17) is 0 Å². The fourth-order valence-corrected chi connectivity index (χ4v) is 2.55. The van der Waals surface area contributed by atoms with Crippen LogP contribution in [0.1, 0.15) is 65.2 Å². The van der Waals surface area contributed by atoms with Gasteiger partial charge in [0.1, 0.15) is 12.1 Å². The molecule has 1 aliphatic heterocycles. The Kier molecular flexibility index (Phi) is 8.55. The summed E-state index contributed by atoms with van der Waals surface area (Å²) in [7, 11) is 0. The number of hydrogen-bond acceptors (Lipinski definition) is 3. The van der Waals surface area contributed by atoms with Gasteiger partial charge in [0, 0.05) is 13.0 Å². The van der Waals surface area contributed by atoms with Crippen molar-refractivity contribution in [1.82, 2.24) is 4.90 Å². The molecule has 0 saturated carbocycles. The molecule has 0 amide bonds. The van der Waals surface area contributed by atoms with E-state index >= 15 is 0 Å². The van der Waals surface area contributed by atoms with Gasteiger partial charge in [-0.25, -0.2) is 0 Å². The molecule has 1 unspecified atom stereocenters. The highest BCUT2D eigenvalue weighted by Gasteiger charge is 2.19. The highest BCUT2D eigenvalue weighted by atomic mass is 16.3. The second-order valence-electron chi connectivity index (χ2n) is 5.35. The van der Waals surface area contributed by atoms with E-state index in [1.54, 1.807) is 0 Å². The third kappa shape index (κ3) is 6.76. The molecule has 0 aromatic heterocycles. The third-order valence-electron chi connectivity index (χ3n) is 3.67. The molecule has 0 saturated heterocycles. The minimum absolute atomic E-state index is 0.382. The topological polar surface area (TPSA) is 35.8 Å². The zero-order chi connectivity index (χ0) is 13.9. The second kappa shape index (κ2) is 10.0. The minimum atomic E-state index is -0.382. The van der Waals surface area contributed by atoms with Crippen molar-refractivity contribution in [3.05, 3.63) is 12.2 Å². The smallest absolute Gasteiger partial charge is 0.125 e. The maximum Gasteiger partial charge on any atom is 0.125 e. The van der Waals surface area contributed by atoms with Crippen LogP contribution in [0.2, 0.25) is 0 Å². The number of rotatable bonds is 10. The van der Waals surface area contributed by atoms with Crippen molar-refractivity contribution in [2.24, 2.45) is 4.99 Å². The molecule has 0 aliphatic carbocycles. The van der Waals surface area contributed by atoms with E-state index in [0.29, 0.717) is 0 Å². The maximum atomic E-state index is 9.61. The van der Waals surface area contributed by atoms with Crippen molar-refractivity contribution in [2.75, 3.05) is 13.1 Å². The van der Waals surface area contributed by atoms with Crippen molar-refractivity contribution in [3.63, 3.8) is 0 Å². The fraction of sp³-hybridized carbons (Fsp3) is 0.812. The van der Waals surface area contributed by atoms with Crippen molar-refractivity contribution in [1.29, 1.82) is 0 Å². The summed E-state index contributed by atoms with van der Waals surface area (Å²) in [5, 5.41) is 9.61. The molecule has 3 nitrogen and oxygen atoms in total. The summed E-state index contributed by atoms with van der Waals surface area (Å²) >= 11 is 0. The first-order chi connectivity index (χ1) is 9.25. The summed E-state index contributed by atoms with van der Waals surface area (Å²) in [6, 6.07) is 0. The predicted molar refractivity (Wildman–Crippen MR) is 82.4 cm³/mol. The van der Waals surface area contributed by atoms with Crippen LogP contribution in [0.5, 0.6) is 0 Å². The quantitative estimate of drug-likeness (QED) is 0.483. The van der Waals surface area contributed by atoms with E-state index in [1.807, 2.05) is 11.8 Å². The van der Waals surface area contributed by atoms with Gasteiger partial charge in [-0.1, -0.05) is 37.8 Å². The summed E-state index contributed by atoms with van der Waals surface area (Å²) in [6.45, 7) is 5.65. The van der Waals surface area contributed by atoms with E-state index in [-0.39, 0.29) is 6.23 Å². The van der Waals surface area contributed by atoms with Crippen molar-refractivity contribution < 1.29 is 5.11 Å². The van der Waals surface area contributed by atoms with Crippen LogP contribution in [0, 0.1) is 0 Å². The van der Waals surface area contributed by atoms with Crippen molar-refractivity contribution >= 4 is 5.84 Å².